The van der Waals surface area contributed by atoms with Gasteiger partial charge in [0.25, 0.3) is 5.91 Å². The topological polar surface area (TPSA) is 38.3 Å². The van der Waals surface area contributed by atoms with E-state index < -0.39 is 0 Å². The third kappa shape index (κ3) is 1.58. The molecule has 3 heterocycles. The number of hydrogen-bond donors (Lipinski definition) is 1. The fraction of sp³-hybridized carbons (Fsp3) is 0.545. The lowest BCUT2D eigenvalue weighted by atomic mass is 9.98. The molecule has 1 fully saturated rings. The van der Waals surface area contributed by atoms with Crippen molar-refractivity contribution in [3.8, 4) is 0 Å². The van der Waals surface area contributed by atoms with Crippen molar-refractivity contribution in [1.82, 2.24) is 5.32 Å². The second-order valence-electron chi connectivity index (χ2n) is 4.07. The van der Waals surface area contributed by atoms with Gasteiger partial charge in [-0.05, 0) is 30.4 Å². The maximum Gasteiger partial charge on any atom is 0.261 e. The van der Waals surface area contributed by atoms with Gasteiger partial charge >= 0.3 is 0 Å². The van der Waals surface area contributed by atoms with E-state index in [0.717, 1.165) is 30.9 Å². The molecule has 0 atom stereocenters. The number of amides is 1. The number of hydrogen-bond acceptors (Lipinski definition) is 3. The van der Waals surface area contributed by atoms with Gasteiger partial charge in [-0.3, -0.25) is 4.79 Å². The van der Waals surface area contributed by atoms with Gasteiger partial charge in [-0.15, -0.1) is 11.3 Å². The van der Waals surface area contributed by atoms with Gasteiger partial charge in [-0.25, -0.2) is 0 Å². The first-order valence-corrected chi connectivity index (χ1v) is 6.15. The van der Waals surface area contributed by atoms with Crippen molar-refractivity contribution in [2.75, 3.05) is 13.2 Å². The summed E-state index contributed by atoms with van der Waals surface area (Å²) in [6.07, 6.45) is 2.20. The Morgan fingerprint density at radius 1 is 1.40 bits per heavy atom. The van der Waals surface area contributed by atoms with Crippen molar-refractivity contribution < 1.29 is 9.53 Å². The van der Waals surface area contributed by atoms with E-state index in [1.54, 1.807) is 11.3 Å². The molecule has 4 heteroatoms. The lowest BCUT2D eigenvalue weighted by Gasteiger charge is -2.20. The highest BCUT2D eigenvalue weighted by Gasteiger charge is 2.26. The fourth-order valence-electron chi connectivity index (χ4n) is 2.21. The third-order valence-corrected chi connectivity index (χ3v) is 4.44. The maximum absolute atomic E-state index is 11.4. The summed E-state index contributed by atoms with van der Waals surface area (Å²) in [6, 6.07) is 2.20. The average Bonchev–Trinajstić information content (AvgIpc) is 2.83. The monoisotopic (exact) mass is 223 g/mol. The van der Waals surface area contributed by atoms with Crippen LogP contribution in [0.2, 0.25) is 0 Å². The Morgan fingerprint density at radius 3 is 2.93 bits per heavy atom. The van der Waals surface area contributed by atoms with Gasteiger partial charge in [-0.1, -0.05) is 0 Å². The molecule has 1 amide bonds. The Hall–Kier alpha value is -0.870. The lowest BCUT2D eigenvalue weighted by Crippen LogP contribution is -2.14. The zero-order valence-electron chi connectivity index (χ0n) is 8.41. The fourth-order valence-corrected chi connectivity index (χ4v) is 3.48. The van der Waals surface area contributed by atoms with Crippen LogP contribution in [0.4, 0.5) is 0 Å². The van der Waals surface area contributed by atoms with E-state index in [9.17, 15) is 4.79 Å². The number of fused-ring (bicyclic) bond motifs is 1. The molecule has 0 radical (unpaired) electrons. The van der Waals surface area contributed by atoms with Crippen molar-refractivity contribution in [1.29, 1.82) is 0 Å². The van der Waals surface area contributed by atoms with Gasteiger partial charge in [0.1, 0.15) is 0 Å². The van der Waals surface area contributed by atoms with Crippen LogP contribution in [0.1, 0.15) is 38.9 Å². The van der Waals surface area contributed by atoms with Crippen LogP contribution in [0.3, 0.4) is 0 Å². The average molecular weight is 223 g/mol. The Morgan fingerprint density at radius 2 is 2.20 bits per heavy atom. The van der Waals surface area contributed by atoms with E-state index >= 15 is 0 Å². The minimum Gasteiger partial charge on any atom is -0.381 e. The molecule has 15 heavy (non-hydrogen) atoms. The summed E-state index contributed by atoms with van der Waals surface area (Å²) in [5.74, 6) is 0.718. The zero-order chi connectivity index (χ0) is 10.3. The van der Waals surface area contributed by atoms with Crippen LogP contribution in [0.15, 0.2) is 6.07 Å². The van der Waals surface area contributed by atoms with Crippen molar-refractivity contribution in [3.05, 3.63) is 21.4 Å². The highest BCUT2D eigenvalue weighted by atomic mass is 32.1. The molecule has 0 aliphatic carbocycles. The number of thiophene rings is 1. The summed E-state index contributed by atoms with van der Waals surface area (Å²) in [5.41, 5.74) is 1.19. The van der Waals surface area contributed by atoms with Gasteiger partial charge < -0.3 is 10.1 Å². The van der Waals surface area contributed by atoms with Gasteiger partial charge in [0.15, 0.2) is 0 Å². The summed E-state index contributed by atoms with van der Waals surface area (Å²) in [5, 5.41) is 2.84. The molecule has 1 saturated heterocycles. The standard InChI is InChI=1S/C11H13NO2S/c13-11-10-8(6-12-11)5-9(15-10)7-1-3-14-4-2-7/h5,7H,1-4,6H2,(H,12,13). The molecule has 3 nitrogen and oxygen atoms in total. The molecule has 0 unspecified atom stereocenters. The number of carbonyl (C=O) groups excluding carboxylic acids is 1. The second kappa shape index (κ2) is 3.61. The molecule has 2 aliphatic rings. The number of nitrogens with one attached hydrogen (secondary N) is 1. The first-order valence-electron chi connectivity index (χ1n) is 5.33. The van der Waals surface area contributed by atoms with E-state index in [-0.39, 0.29) is 5.91 Å². The lowest BCUT2D eigenvalue weighted by molar-refractivity contribution is 0.0860. The SMILES string of the molecule is O=C1NCc2cc(C3CCOCC3)sc21. The van der Waals surface area contributed by atoms with Crippen LogP contribution in [0, 0.1) is 0 Å². The quantitative estimate of drug-likeness (QED) is 0.789. The Labute approximate surface area is 92.4 Å². The van der Waals surface area contributed by atoms with Gasteiger partial charge in [0.05, 0.1) is 4.88 Å². The predicted octanol–water partition coefficient (Wildman–Crippen LogP) is 1.89. The molecule has 0 spiro atoms. The molecule has 1 aromatic heterocycles. The Kier molecular flexibility index (Phi) is 2.25. The van der Waals surface area contributed by atoms with E-state index in [2.05, 4.69) is 11.4 Å². The van der Waals surface area contributed by atoms with Gasteiger partial charge in [0.2, 0.25) is 0 Å². The second-order valence-corrected chi connectivity index (χ2v) is 5.16. The van der Waals surface area contributed by atoms with E-state index in [1.807, 2.05) is 0 Å². The molecule has 0 saturated carbocycles. The Balaban J connectivity index is 1.87. The highest BCUT2D eigenvalue weighted by Crippen LogP contribution is 2.35. The molecular formula is C11H13NO2S. The van der Waals surface area contributed by atoms with Crippen LogP contribution in [-0.4, -0.2) is 19.1 Å². The smallest absolute Gasteiger partial charge is 0.261 e. The predicted molar refractivity (Wildman–Crippen MR) is 58.3 cm³/mol. The largest absolute Gasteiger partial charge is 0.381 e. The van der Waals surface area contributed by atoms with Gasteiger partial charge in [-0.2, -0.15) is 0 Å². The Bertz CT molecular complexity index is 393. The van der Waals surface area contributed by atoms with Crippen molar-refractivity contribution in [3.63, 3.8) is 0 Å². The number of ether oxygens (including phenoxy) is 1. The number of carbonyl (C=O) groups is 1. The minimum atomic E-state index is 0.105. The molecule has 3 rings (SSSR count). The summed E-state index contributed by atoms with van der Waals surface area (Å²) in [6.45, 7) is 2.44. The van der Waals surface area contributed by atoms with E-state index in [0.29, 0.717) is 12.5 Å². The van der Waals surface area contributed by atoms with Crippen LogP contribution >= 0.6 is 11.3 Å². The van der Waals surface area contributed by atoms with E-state index in [1.165, 1.54) is 10.4 Å². The van der Waals surface area contributed by atoms with E-state index in [4.69, 9.17) is 4.74 Å². The maximum atomic E-state index is 11.4. The molecule has 2 aliphatic heterocycles. The van der Waals surface area contributed by atoms with Crippen LogP contribution in [0.25, 0.3) is 0 Å². The highest BCUT2D eigenvalue weighted by molar-refractivity contribution is 7.14. The molecule has 80 valence electrons. The van der Waals surface area contributed by atoms with Crippen LogP contribution in [-0.2, 0) is 11.3 Å². The van der Waals surface area contributed by atoms with Crippen molar-refractivity contribution in [2.24, 2.45) is 0 Å². The summed E-state index contributed by atoms with van der Waals surface area (Å²) >= 11 is 1.67. The number of rotatable bonds is 1. The zero-order valence-corrected chi connectivity index (χ0v) is 9.23. The molecule has 0 bridgehead atoms. The van der Waals surface area contributed by atoms with Crippen molar-refractivity contribution in [2.45, 2.75) is 25.3 Å². The first-order chi connectivity index (χ1) is 7.34. The van der Waals surface area contributed by atoms with Crippen LogP contribution < -0.4 is 5.32 Å². The minimum absolute atomic E-state index is 0.105. The molecule has 0 aromatic carbocycles. The van der Waals surface area contributed by atoms with Crippen molar-refractivity contribution >= 4 is 17.2 Å². The third-order valence-electron chi connectivity index (χ3n) is 3.10. The molecule has 1 N–H and O–H groups in total. The summed E-state index contributed by atoms with van der Waals surface area (Å²) in [4.78, 5) is 13.7. The summed E-state index contributed by atoms with van der Waals surface area (Å²) < 4.78 is 5.35. The normalized spacial score (nSPS) is 21.5. The summed E-state index contributed by atoms with van der Waals surface area (Å²) in [7, 11) is 0. The first kappa shape index (κ1) is 9.36. The van der Waals surface area contributed by atoms with Crippen LogP contribution in [0.5, 0.6) is 0 Å². The van der Waals surface area contributed by atoms with Gasteiger partial charge in [0, 0.05) is 24.6 Å². The molecular weight excluding hydrogens is 210 g/mol. The molecule has 1 aromatic rings.